The van der Waals surface area contributed by atoms with Gasteiger partial charge in [0.1, 0.15) is 6.04 Å². The maximum absolute atomic E-state index is 13.1. The van der Waals surface area contributed by atoms with Crippen molar-refractivity contribution in [1.29, 1.82) is 0 Å². The van der Waals surface area contributed by atoms with E-state index in [2.05, 4.69) is 23.6 Å². The molecular weight excluding hydrogens is 560 g/mol. The molecule has 0 rings (SSSR count). The van der Waals surface area contributed by atoms with E-state index in [4.69, 9.17) is 4.74 Å². The number of carbonyl (C=O) groups is 2. The molecule has 0 radical (unpaired) electrons. The van der Waals surface area contributed by atoms with E-state index >= 15 is 0 Å². The van der Waals surface area contributed by atoms with Crippen LogP contribution in [0.3, 0.4) is 0 Å². The second-order valence-electron chi connectivity index (χ2n) is 14.0. The lowest BCUT2D eigenvalue weighted by molar-refractivity contribution is -0.155. The monoisotopic (exact) mass is 639 g/mol. The van der Waals surface area contributed by atoms with Crippen molar-refractivity contribution in [2.75, 3.05) is 40.3 Å². The van der Waals surface area contributed by atoms with Gasteiger partial charge in [0.15, 0.2) is 0 Å². The average molecular weight is 639 g/mol. The summed E-state index contributed by atoms with van der Waals surface area (Å²) in [7, 11) is 4.10. The molecule has 0 heterocycles. The van der Waals surface area contributed by atoms with E-state index in [1.165, 1.54) is 141 Å². The quantitative estimate of drug-likeness (QED) is 0.0544. The summed E-state index contributed by atoms with van der Waals surface area (Å²) in [5, 5.41) is 9.62. The molecule has 1 atom stereocenters. The van der Waals surface area contributed by atoms with E-state index in [0.717, 1.165) is 51.7 Å². The van der Waals surface area contributed by atoms with Crippen LogP contribution in [0.25, 0.3) is 0 Å². The van der Waals surface area contributed by atoms with Crippen molar-refractivity contribution in [3.8, 4) is 0 Å². The predicted molar refractivity (Wildman–Crippen MR) is 193 cm³/mol. The predicted octanol–water partition coefficient (Wildman–Crippen LogP) is 10.8. The molecule has 0 aromatic heterocycles. The first-order valence-corrected chi connectivity index (χ1v) is 19.7. The van der Waals surface area contributed by atoms with Crippen LogP contribution in [0.1, 0.15) is 194 Å². The lowest BCUT2D eigenvalue weighted by Crippen LogP contribution is -2.45. The summed E-state index contributed by atoms with van der Waals surface area (Å²) in [6.45, 7) is 7.34. The Kier molecular flexibility index (Phi) is 33.3. The highest BCUT2D eigenvalue weighted by molar-refractivity contribution is 5.82. The largest absolute Gasteiger partial charge is 0.481 e. The zero-order chi connectivity index (χ0) is 33.2. The Morgan fingerprint density at radius 2 is 0.867 bits per heavy atom. The van der Waals surface area contributed by atoms with Gasteiger partial charge in [-0.2, -0.15) is 0 Å². The number of esters is 1. The van der Waals surface area contributed by atoms with E-state index < -0.39 is 12.0 Å². The van der Waals surface area contributed by atoms with Crippen LogP contribution >= 0.6 is 0 Å². The summed E-state index contributed by atoms with van der Waals surface area (Å²) in [5.74, 6) is -1.28. The Balaban J connectivity index is 4.24. The molecule has 0 aliphatic rings. The van der Waals surface area contributed by atoms with Crippen LogP contribution in [-0.4, -0.2) is 73.2 Å². The second-order valence-corrected chi connectivity index (χ2v) is 14.0. The van der Waals surface area contributed by atoms with Gasteiger partial charge in [-0.3, -0.25) is 14.5 Å². The first kappa shape index (κ1) is 43.9. The summed E-state index contributed by atoms with van der Waals surface area (Å²) >= 11 is 0. The number of aliphatic carboxylic acids is 1. The van der Waals surface area contributed by atoms with Gasteiger partial charge in [-0.1, -0.05) is 168 Å². The van der Waals surface area contributed by atoms with Crippen LogP contribution in [0, 0.1) is 0 Å². The number of carboxylic acids is 1. The summed E-state index contributed by atoms with van der Waals surface area (Å²) < 4.78 is 5.68. The van der Waals surface area contributed by atoms with Gasteiger partial charge in [0.25, 0.3) is 0 Å². The van der Waals surface area contributed by atoms with Gasteiger partial charge in [0, 0.05) is 6.54 Å². The molecule has 0 aliphatic heterocycles. The SMILES string of the molecule is CCCCCCCCCCCCCCCCCCOC(=O)[C@H](CC(=O)O)N(CCCCCCCCCCCC)CCCN(C)C. The molecule has 268 valence electrons. The van der Waals surface area contributed by atoms with Gasteiger partial charge in [-0.15, -0.1) is 0 Å². The van der Waals surface area contributed by atoms with Crippen molar-refractivity contribution in [2.45, 2.75) is 200 Å². The maximum atomic E-state index is 13.1. The number of hydrogen-bond acceptors (Lipinski definition) is 5. The number of nitrogens with zero attached hydrogens (tertiary/aromatic N) is 2. The van der Waals surface area contributed by atoms with E-state index in [0.29, 0.717) is 6.61 Å². The van der Waals surface area contributed by atoms with Crippen LogP contribution in [0.4, 0.5) is 0 Å². The molecule has 0 amide bonds. The molecule has 0 spiro atoms. The summed E-state index contributed by atoms with van der Waals surface area (Å²) in [5.41, 5.74) is 0. The smallest absolute Gasteiger partial charge is 0.323 e. The highest BCUT2D eigenvalue weighted by atomic mass is 16.5. The number of unbranched alkanes of at least 4 members (excludes halogenated alkanes) is 24. The van der Waals surface area contributed by atoms with Crippen molar-refractivity contribution in [1.82, 2.24) is 9.80 Å². The Morgan fingerprint density at radius 1 is 0.511 bits per heavy atom. The van der Waals surface area contributed by atoms with Gasteiger partial charge in [0.2, 0.25) is 0 Å². The van der Waals surface area contributed by atoms with Crippen molar-refractivity contribution >= 4 is 11.9 Å². The minimum Gasteiger partial charge on any atom is -0.481 e. The first-order chi connectivity index (χ1) is 21.9. The minimum atomic E-state index is -0.931. The molecule has 0 aliphatic carbocycles. The molecule has 1 N–H and O–H groups in total. The Hall–Kier alpha value is -1.14. The van der Waals surface area contributed by atoms with Gasteiger partial charge in [0.05, 0.1) is 13.0 Å². The topological polar surface area (TPSA) is 70.1 Å². The molecule has 0 fully saturated rings. The highest BCUT2D eigenvalue weighted by Gasteiger charge is 2.29. The Labute approximate surface area is 280 Å². The van der Waals surface area contributed by atoms with Crippen molar-refractivity contribution < 1.29 is 19.4 Å². The number of hydrogen-bond donors (Lipinski definition) is 1. The normalized spacial score (nSPS) is 12.3. The summed E-state index contributed by atoms with van der Waals surface area (Å²) in [6.07, 6.45) is 34.3. The summed E-state index contributed by atoms with van der Waals surface area (Å²) in [6, 6.07) is -0.690. The van der Waals surface area contributed by atoms with E-state index in [1.807, 2.05) is 14.1 Å². The number of carbonyl (C=O) groups excluding carboxylic acids is 1. The lowest BCUT2D eigenvalue weighted by Gasteiger charge is -2.30. The molecule has 0 saturated heterocycles. The molecule has 0 unspecified atom stereocenters. The molecule has 6 heteroatoms. The zero-order valence-electron chi connectivity index (χ0n) is 30.8. The fourth-order valence-electron chi connectivity index (χ4n) is 6.26. The van der Waals surface area contributed by atoms with Gasteiger partial charge in [-0.25, -0.2) is 0 Å². The fourth-order valence-corrected chi connectivity index (χ4v) is 6.26. The Morgan fingerprint density at radius 3 is 1.24 bits per heavy atom. The molecule has 0 saturated carbocycles. The maximum Gasteiger partial charge on any atom is 0.323 e. The fraction of sp³-hybridized carbons (Fsp3) is 0.949. The molecule has 0 aromatic carbocycles. The van der Waals surface area contributed by atoms with Crippen molar-refractivity contribution in [3.05, 3.63) is 0 Å². The second kappa shape index (κ2) is 34.2. The average Bonchev–Trinajstić information content (AvgIpc) is 3.01. The number of rotatable bonds is 36. The zero-order valence-corrected chi connectivity index (χ0v) is 30.8. The van der Waals surface area contributed by atoms with Crippen LogP contribution < -0.4 is 0 Å². The third-order valence-corrected chi connectivity index (χ3v) is 9.17. The molecule has 6 nitrogen and oxygen atoms in total. The highest BCUT2D eigenvalue weighted by Crippen LogP contribution is 2.16. The van der Waals surface area contributed by atoms with Crippen LogP contribution in [0.2, 0.25) is 0 Å². The van der Waals surface area contributed by atoms with Crippen LogP contribution in [-0.2, 0) is 14.3 Å². The number of ether oxygens (including phenoxy) is 1. The van der Waals surface area contributed by atoms with Gasteiger partial charge in [-0.05, 0) is 46.4 Å². The third kappa shape index (κ3) is 31.2. The van der Waals surface area contributed by atoms with Gasteiger partial charge < -0.3 is 14.7 Å². The lowest BCUT2D eigenvalue weighted by atomic mass is 10.0. The summed E-state index contributed by atoms with van der Waals surface area (Å²) in [4.78, 5) is 29.1. The molecule has 45 heavy (non-hydrogen) atoms. The molecular formula is C39H78N2O4. The van der Waals surface area contributed by atoms with Crippen LogP contribution in [0.15, 0.2) is 0 Å². The van der Waals surface area contributed by atoms with E-state index in [-0.39, 0.29) is 12.4 Å². The third-order valence-electron chi connectivity index (χ3n) is 9.17. The van der Waals surface area contributed by atoms with Crippen molar-refractivity contribution in [2.24, 2.45) is 0 Å². The van der Waals surface area contributed by atoms with E-state index in [9.17, 15) is 14.7 Å². The van der Waals surface area contributed by atoms with Crippen molar-refractivity contribution in [3.63, 3.8) is 0 Å². The molecule has 0 bridgehead atoms. The van der Waals surface area contributed by atoms with E-state index in [1.54, 1.807) is 0 Å². The minimum absolute atomic E-state index is 0.183. The first-order valence-electron chi connectivity index (χ1n) is 19.7. The molecule has 0 aromatic rings. The number of carboxylic acid groups (broad SMARTS) is 1. The standard InChI is InChI=1S/C39H78N2O4/c1-5-7-9-11-13-15-17-18-19-20-21-22-24-26-28-30-35-45-39(44)37(36-38(42)43)41(34-31-32-40(3)4)33-29-27-25-23-16-14-12-10-8-6-2/h37H,5-36H2,1-4H3,(H,42,43)/t37-/m0/s1. The Bertz CT molecular complexity index is 643. The van der Waals surface area contributed by atoms with Gasteiger partial charge >= 0.3 is 11.9 Å². The van der Waals surface area contributed by atoms with Crippen LogP contribution in [0.5, 0.6) is 0 Å².